The molecule has 0 amide bonds. The summed E-state index contributed by atoms with van der Waals surface area (Å²) < 4.78 is 6.17. The summed E-state index contributed by atoms with van der Waals surface area (Å²) in [4.78, 5) is 15.1. The Hall–Kier alpha value is -1.17. The molecule has 0 saturated heterocycles. The fraction of sp³-hybridized carbons (Fsp3) is 0.312. The van der Waals surface area contributed by atoms with Gasteiger partial charge in [0.05, 0.1) is 16.9 Å². The third-order valence-corrected chi connectivity index (χ3v) is 4.52. The van der Waals surface area contributed by atoms with Crippen molar-refractivity contribution in [3.05, 3.63) is 56.7 Å². The van der Waals surface area contributed by atoms with Crippen LogP contribution in [0.15, 0.2) is 46.3 Å². The molecule has 21 heavy (non-hydrogen) atoms. The molecule has 2 rings (SSSR count). The van der Waals surface area contributed by atoms with Crippen LogP contribution in [0.4, 0.5) is 0 Å². The van der Waals surface area contributed by atoms with Gasteiger partial charge in [0.1, 0.15) is 0 Å². The third-order valence-electron chi connectivity index (χ3n) is 2.92. The van der Waals surface area contributed by atoms with E-state index in [2.05, 4.69) is 39.0 Å². The Morgan fingerprint density at radius 1 is 1.19 bits per heavy atom. The molecule has 0 N–H and O–H groups in total. The molecule has 1 heterocycles. The number of hydrogen-bond acceptors (Lipinski definition) is 4. The SMILES string of the molecule is CCOC(=O)CN(Cc1ccccc1)Cc1ccc(Br)s1. The van der Waals surface area contributed by atoms with E-state index in [1.165, 1.54) is 10.4 Å². The lowest BCUT2D eigenvalue weighted by Gasteiger charge is -2.20. The van der Waals surface area contributed by atoms with Crippen molar-refractivity contribution in [2.75, 3.05) is 13.2 Å². The van der Waals surface area contributed by atoms with Crippen LogP contribution in [0.3, 0.4) is 0 Å². The number of carbonyl (C=O) groups is 1. The Morgan fingerprint density at radius 3 is 2.57 bits per heavy atom. The van der Waals surface area contributed by atoms with Crippen LogP contribution in [-0.4, -0.2) is 24.0 Å². The Bertz CT molecular complexity index is 571. The minimum absolute atomic E-state index is 0.177. The van der Waals surface area contributed by atoms with E-state index < -0.39 is 0 Å². The predicted molar refractivity (Wildman–Crippen MR) is 89.2 cm³/mol. The molecule has 0 spiro atoms. The second kappa shape index (κ2) is 8.32. The zero-order valence-corrected chi connectivity index (χ0v) is 14.3. The number of rotatable bonds is 7. The lowest BCUT2D eigenvalue weighted by Crippen LogP contribution is -2.30. The van der Waals surface area contributed by atoms with Crippen molar-refractivity contribution in [2.24, 2.45) is 0 Å². The molecule has 3 nitrogen and oxygen atoms in total. The van der Waals surface area contributed by atoms with Crippen molar-refractivity contribution in [3.63, 3.8) is 0 Å². The molecular formula is C16H18BrNO2S. The summed E-state index contributed by atoms with van der Waals surface area (Å²) in [6.07, 6.45) is 0. The second-order valence-corrected chi connectivity index (χ2v) is 7.19. The first-order valence-electron chi connectivity index (χ1n) is 6.83. The highest BCUT2D eigenvalue weighted by Crippen LogP contribution is 2.23. The number of ether oxygens (including phenoxy) is 1. The van der Waals surface area contributed by atoms with Crippen LogP contribution in [0.1, 0.15) is 17.4 Å². The van der Waals surface area contributed by atoms with Gasteiger partial charge in [0, 0.05) is 18.0 Å². The topological polar surface area (TPSA) is 29.5 Å². The van der Waals surface area contributed by atoms with Crippen LogP contribution in [0.2, 0.25) is 0 Å². The van der Waals surface area contributed by atoms with Crippen LogP contribution < -0.4 is 0 Å². The molecule has 0 atom stereocenters. The van der Waals surface area contributed by atoms with E-state index >= 15 is 0 Å². The van der Waals surface area contributed by atoms with Crippen LogP contribution >= 0.6 is 27.3 Å². The third kappa shape index (κ3) is 5.61. The predicted octanol–water partition coefficient (Wildman–Crippen LogP) is 4.08. The second-order valence-electron chi connectivity index (χ2n) is 4.64. The molecule has 0 radical (unpaired) electrons. The highest BCUT2D eigenvalue weighted by atomic mass is 79.9. The Morgan fingerprint density at radius 2 is 1.95 bits per heavy atom. The van der Waals surface area contributed by atoms with Gasteiger partial charge in [-0.15, -0.1) is 11.3 Å². The number of esters is 1. The molecular weight excluding hydrogens is 350 g/mol. The van der Waals surface area contributed by atoms with Crippen molar-refractivity contribution >= 4 is 33.2 Å². The van der Waals surface area contributed by atoms with Gasteiger partial charge in [-0.25, -0.2) is 0 Å². The molecule has 2 aromatic rings. The van der Waals surface area contributed by atoms with Crippen molar-refractivity contribution in [2.45, 2.75) is 20.0 Å². The quantitative estimate of drug-likeness (QED) is 0.690. The van der Waals surface area contributed by atoms with E-state index in [0.29, 0.717) is 13.2 Å². The van der Waals surface area contributed by atoms with Crippen molar-refractivity contribution in [1.29, 1.82) is 0 Å². The van der Waals surface area contributed by atoms with Gasteiger partial charge >= 0.3 is 5.97 Å². The standard InChI is InChI=1S/C16H18BrNO2S/c1-2-20-16(19)12-18(10-13-6-4-3-5-7-13)11-14-8-9-15(17)21-14/h3-9H,2,10-12H2,1H3. The van der Waals surface area contributed by atoms with Crippen LogP contribution in [-0.2, 0) is 22.6 Å². The largest absolute Gasteiger partial charge is 0.465 e. The van der Waals surface area contributed by atoms with E-state index in [1.54, 1.807) is 11.3 Å². The number of carbonyl (C=O) groups excluding carboxylic acids is 1. The van der Waals surface area contributed by atoms with Crippen molar-refractivity contribution < 1.29 is 9.53 Å². The van der Waals surface area contributed by atoms with E-state index in [-0.39, 0.29) is 5.97 Å². The molecule has 0 aliphatic rings. The zero-order valence-electron chi connectivity index (χ0n) is 11.9. The summed E-state index contributed by atoms with van der Waals surface area (Å²) in [5, 5.41) is 0. The summed E-state index contributed by atoms with van der Waals surface area (Å²) in [6, 6.07) is 14.3. The lowest BCUT2D eigenvalue weighted by atomic mass is 10.2. The first-order chi connectivity index (χ1) is 10.2. The molecule has 0 unspecified atom stereocenters. The Kier molecular flexibility index (Phi) is 6.42. The maximum Gasteiger partial charge on any atom is 0.320 e. The van der Waals surface area contributed by atoms with Crippen molar-refractivity contribution in [3.8, 4) is 0 Å². The molecule has 1 aromatic heterocycles. The fourth-order valence-corrected chi connectivity index (χ4v) is 3.58. The average molecular weight is 368 g/mol. The Balaban J connectivity index is 2.04. The molecule has 112 valence electrons. The van der Waals surface area contributed by atoms with E-state index in [1.807, 2.05) is 31.2 Å². The molecule has 0 saturated carbocycles. The summed E-state index contributed by atoms with van der Waals surface area (Å²) >= 11 is 5.16. The highest BCUT2D eigenvalue weighted by Gasteiger charge is 2.13. The van der Waals surface area contributed by atoms with Gasteiger partial charge in [0.15, 0.2) is 0 Å². The number of halogens is 1. The fourth-order valence-electron chi connectivity index (χ4n) is 2.06. The average Bonchev–Trinajstić information content (AvgIpc) is 2.85. The highest BCUT2D eigenvalue weighted by molar-refractivity contribution is 9.11. The monoisotopic (exact) mass is 367 g/mol. The van der Waals surface area contributed by atoms with Gasteiger partial charge in [-0.2, -0.15) is 0 Å². The summed E-state index contributed by atoms with van der Waals surface area (Å²) in [6.45, 7) is 4.02. The molecule has 0 bridgehead atoms. The normalized spacial score (nSPS) is 10.8. The number of benzene rings is 1. The van der Waals surface area contributed by atoms with Crippen LogP contribution in [0.25, 0.3) is 0 Å². The molecule has 5 heteroatoms. The maximum atomic E-state index is 11.8. The van der Waals surface area contributed by atoms with Gasteiger partial charge in [-0.1, -0.05) is 30.3 Å². The maximum absolute atomic E-state index is 11.8. The van der Waals surface area contributed by atoms with E-state index in [0.717, 1.165) is 16.9 Å². The van der Waals surface area contributed by atoms with Crippen LogP contribution in [0, 0.1) is 0 Å². The number of hydrogen-bond donors (Lipinski definition) is 0. The molecule has 0 aliphatic carbocycles. The van der Waals surface area contributed by atoms with Gasteiger partial charge in [-0.3, -0.25) is 9.69 Å². The zero-order chi connectivity index (χ0) is 15.1. The minimum atomic E-state index is -0.177. The van der Waals surface area contributed by atoms with Crippen molar-refractivity contribution in [1.82, 2.24) is 4.90 Å². The smallest absolute Gasteiger partial charge is 0.320 e. The number of thiophene rings is 1. The van der Waals surface area contributed by atoms with Gasteiger partial charge in [-0.05, 0) is 40.5 Å². The summed E-state index contributed by atoms with van der Waals surface area (Å²) in [5.74, 6) is -0.177. The van der Waals surface area contributed by atoms with E-state index in [9.17, 15) is 4.79 Å². The first-order valence-corrected chi connectivity index (χ1v) is 8.44. The van der Waals surface area contributed by atoms with Gasteiger partial charge in [0.25, 0.3) is 0 Å². The van der Waals surface area contributed by atoms with Gasteiger partial charge in [0.2, 0.25) is 0 Å². The molecule has 0 aliphatic heterocycles. The lowest BCUT2D eigenvalue weighted by molar-refractivity contribution is -0.144. The van der Waals surface area contributed by atoms with Crippen LogP contribution in [0.5, 0.6) is 0 Å². The minimum Gasteiger partial charge on any atom is -0.465 e. The first kappa shape index (κ1) is 16.2. The Labute approximate surface area is 137 Å². The van der Waals surface area contributed by atoms with E-state index in [4.69, 9.17) is 4.74 Å². The molecule has 1 aromatic carbocycles. The summed E-state index contributed by atoms with van der Waals surface area (Å²) in [5.41, 5.74) is 1.19. The number of nitrogens with zero attached hydrogens (tertiary/aromatic N) is 1. The summed E-state index contributed by atoms with van der Waals surface area (Å²) in [7, 11) is 0. The van der Waals surface area contributed by atoms with Gasteiger partial charge < -0.3 is 4.74 Å². The molecule has 0 fully saturated rings.